The molecule has 86 valence electrons. The molecule has 0 radical (unpaired) electrons. The summed E-state index contributed by atoms with van der Waals surface area (Å²) in [4.78, 5) is 11.6. The molecule has 2 aromatic rings. The Bertz CT molecular complexity index is 503. The van der Waals surface area contributed by atoms with Gasteiger partial charge in [-0.15, -0.1) is 0 Å². The number of hydrogen-bond donors (Lipinski definition) is 0. The highest BCUT2D eigenvalue weighted by atomic mass is 16.5. The van der Waals surface area contributed by atoms with Crippen LogP contribution in [0.2, 0.25) is 0 Å². The maximum atomic E-state index is 11.6. The summed E-state index contributed by atoms with van der Waals surface area (Å²) in [7, 11) is 0. The largest absolute Gasteiger partial charge is 0.462 e. The highest BCUT2D eigenvalue weighted by Crippen LogP contribution is 2.20. The summed E-state index contributed by atoms with van der Waals surface area (Å²) < 4.78 is 4.98. The van der Waals surface area contributed by atoms with Gasteiger partial charge in [0.1, 0.15) is 0 Å². The fourth-order valence-electron chi connectivity index (χ4n) is 1.67. The van der Waals surface area contributed by atoms with E-state index in [0.29, 0.717) is 12.2 Å². The Morgan fingerprint density at radius 2 is 1.71 bits per heavy atom. The normalized spacial score (nSPS) is 9.94. The summed E-state index contributed by atoms with van der Waals surface area (Å²) >= 11 is 0. The monoisotopic (exact) mass is 226 g/mol. The number of carbonyl (C=O) groups is 1. The zero-order chi connectivity index (χ0) is 12.1. The lowest BCUT2D eigenvalue weighted by Gasteiger charge is -2.05. The van der Waals surface area contributed by atoms with Crippen molar-refractivity contribution in [3.63, 3.8) is 0 Å². The molecule has 2 aromatic carbocycles. The van der Waals surface area contributed by atoms with E-state index in [1.807, 2.05) is 48.5 Å². The molecule has 0 aliphatic rings. The quantitative estimate of drug-likeness (QED) is 0.748. The predicted octanol–water partition coefficient (Wildman–Crippen LogP) is 3.53. The minimum absolute atomic E-state index is 0.273. The van der Waals surface area contributed by atoms with Crippen LogP contribution in [0.4, 0.5) is 0 Å². The molecule has 2 rings (SSSR count). The van der Waals surface area contributed by atoms with E-state index in [-0.39, 0.29) is 5.97 Å². The fourth-order valence-corrected chi connectivity index (χ4v) is 1.67. The molecule has 0 saturated carbocycles. The van der Waals surface area contributed by atoms with Crippen LogP contribution in [0.1, 0.15) is 17.3 Å². The molecule has 17 heavy (non-hydrogen) atoms. The topological polar surface area (TPSA) is 26.3 Å². The van der Waals surface area contributed by atoms with E-state index in [1.165, 1.54) is 0 Å². The van der Waals surface area contributed by atoms with Crippen molar-refractivity contribution in [2.24, 2.45) is 0 Å². The van der Waals surface area contributed by atoms with E-state index >= 15 is 0 Å². The molecule has 0 unspecified atom stereocenters. The van der Waals surface area contributed by atoms with Crippen LogP contribution in [0.5, 0.6) is 0 Å². The Kier molecular flexibility index (Phi) is 3.55. The first kappa shape index (κ1) is 11.4. The zero-order valence-electron chi connectivity index (χ0n) is 9.72. The lowest BCUT2D eigenvalue weighted by atomic mass is 10.0. The van der Waals surface area contributed by atoms with Gasteiger partial charge in [0.2, 0.25) is 0 Å². The Hall–Kier alpha value is -2.09. The molecule has 0 bridgehead atoms. The number of ether oxygens (including phenoxy) is 1. The van der Waals surface area contributed by atoms with E-state index in [9.17, 15) is 4.79 Å². The van der Waals surface area contributed by atoms with Gasteiger partial charge in [-0.1, -0.05) is 42.5 Å². The minimum atomic E-state index is -0.273. The van der Waals surface area contributed by atoms with Crippen LogP contribution in [0, 0.1) is 0 Å². The molecule has 0 heterocycles. The highest BCUT2D eigenvalue weighted by molar-refractivity contribution is 5.91. The van der Waals surface area contributed by atoms with Gasteiger partial charge in [-0.2, -0.15) is 0 Å². The van der Waals surface area contributed by atoms with Gasteiger partial charge < -0.3 is 4.74 Å². The van der Waals surface area contributed by atoms with E-state index in [2.05, 4.69) is 0 Å². The summed E-state index contributed by atoms with van der Waals surface area (Å²) in [5, 5.41) is 0. The summed E-state index contributed by atoms with van der Waals surface area (Å²) in [5.74, 6) is -0.273. The molecule has 0 spiro atoms. The Labute approximate surface area is 101 Å². The molecule has 0 N–H and O–H groups in total. The molecule has 0 aliphatic heterocycles. The molecule has 0 fully saturated rings. The molecular formula is C15H14O2. The molecule has 0 saturated heterocycles. The summed E-state index contributed by atoms with van der Waals surface area (Å²) in [6, 6.07) is 17.4. The maximum absolute atomic E-state index is 11.6. The van der Waals surface area contributed by atoms with Crippen molar-refractivity contribution in [1.29, 1.82) is 0 Å². The number of esters is 1. The van der Waals surface area contributed by atoms with Gasteiger partial charge in [0.25, 0.3) is 0 Å². The van der Waals surface area contributed by atoms with Gasteiger partial charge in [0.05, 0.1) is 12.2 Å². The van der Waals surface area contributed by atoms with Gasteiger partial charge in [0.15, 0.2) is 0 Å². The third kappa shape index (κ3) is 2.72. The Balaban J connectivity index is 2.32. The van der Waals surface area contributed by atoms with Crippen LogP contribution in [0.25, 0.3) is 11.1 Å². The summed E-state index contributed by atoms with van der Waals surface area (Å²) in [6.45, 7) is 2.20. The molecule has 0 atom stereocenters. The van der Waals surface area contributed by atoms with Gasteiger partial charge in [-0.25, -0.2) is 4.79 Å². The predicted molar refractivity (Wildman–Crippen MR) is 67.8 cm³/mol. The number of benzene rings is 2. The van der Waals surface area contributed by atoms with Crippen molar-refractivity contribution in [1.82, 2.24) is 0 Å². The van der Waals surface area contributed by atoms with Crippen molar-refractivity contribution in [3.8, 4) is 11.1 Å². The molecule has 2 heteroatoms. The van der Waals surface area contributed by atoms with Crippen LogP contribution in [0.3, 0.4) is 0 Å². The van der Waals surface area contributed by atoms with Crippen LogP contribution in [0.15, 0.2) is 54.6 Å². The van der Waals surface area contributed by atoms with E-state index in [4.69, 9.17) is 4.74 Å². The number of rotatable bonds is 3. The number of carbonyl (C=O) groups excluding carboxylic acids is 1. The summed E-state index contributed by atoms with van der Waals surface area (Å²) in [6.07, 6.45) is 0. The minimum Gasteiger partial charge on any atom is -0.462 e. The molecule has 0 aromatic heterocycles. The Morgan fingerprint density at radius 1 is 1.00 bits per heavy atom. The van der Waals surface area contributed by atoms with Crippen molar-refractivity contribution in [2.45, 2.75) is 6.92 Å². The lowest BCUT2D eigenvalue weighted by Crippen LogP contribution is -2.04. The summed E-state index contributed by atoms with van der Waals surface area (Å²) in [5.41, 5.74) is 2.71. The molecule has 0 amide bonds. The van der Waals surface area contributed by atoms with Gasteiger partial charge in [-0.05, 0) is 30.2 Å². The average Bonchev–Trinajstić information content (AvgIpc) is 2.40. The van der Waals surface area contributed by atoms with Crippen LogP contribution in [-0.4, -0.2) is 12.6 Å². The molecular weight excluding hydrogens is 212 g/mol. The second kappa shape index (κ2) is 5.30. The maximum Gasteiger partial charge on any atom is 0.338 e. The van der Waals surface area contributed by atoms with Crippen molar-refractivity contribution < 1.29 is 9.53 Å². The fraction of sp³-hybridized carbons (Fsp3) is 0.133. The SMILES string of the molecule is CCOC(=O)c1cccc(-c2ccccc2)c1. The van der Waals surface area contributed by atoms with Gasteiger partial charge in [0, 0.05) is 0 Å². The van der Waals surface area contributed by atoms with Crippen molar-refractivity contribution >= 4 is 5.97 Å². The molecule has 0 aliphatic carbocycles. The van der Waals surface area contributed by atoms with Gasteiger partial charge >= 0.3 is 5.97 Å². The second-order valence-electron chi connectivity index (χ2n) is 3.67. The van der Waals surface area contributed by atoms with Crippen LogP contribution in [-0.2, 0) is 4.74 Å². The average molecular weight is 226 g/mol. The first-order valence-electron chi connectivity index (χ1n) is 5.64. The van der Waals surface area contributed by atoms with Crippen LogP contribution >= 0.6 is 0 Å². The van der Waals surface area contributed by atoms with E-state index in [1.54, 1.807) is 13.0 Å². The van der Waals surface area contributed by atoms with Crippen molar-refractivity contribution in [3.05, 3.63) is 60.2 Å². The third-order valence-electron chi connectivity index (χ3n) is 2.48. The smallest absolute Gasteiger partial charge is 0.338 e. The number of hydrogen-bond acceptors (Lipinski definition) is 2. The second-order valence-corrected chi connectivity index (χ2v) is 3.67. The van der Waals surface area contributed by atoms with Crippen LogP contribution < -0.4 is 0 Å². The Morgan fingerprint density at radius 3 is 2.41 bits per heavy atom. The zero-order valence-corrected chi connectivity index (χ0v) is 9.72. The van der Waals surface area contributed by atoms with Gasteiger partial charge in [-0.3, -0.25) is 0 Å². The van der Waals surface area contributed by atoms with E-state index in [0.717, 1.165) is 11.1 Å². The highest BCUT2D eigenvalue weighted by Gasteiger charge is 2.07. The molecule has 2 nitrogen and oxygen atoms in total. The first-order valence-corrected chi connectivity index (χ1v) is 5.64. The first-order chi connectivity index (χ1) is 8.31. The third-order valence-corrected chi connectivity index (χ3v) is 2.48. The van der Waals surface area contributed by atoms with Crippen molar-refractivity contribution in [2.75, 3.05) is 6.61 Å². The standard InChI is InChI=1S/C15H14O2/c1-2-17-15(16)14-10-6-9-13(11-14)12-7-4-3-5-8-12/h3-11H,2H2,1H3. The lowest BCUT2D eigenvalue weighted by molar-refractivity contribution is 0.0526. The van der Waals surface area contributed by atoms with E-state index < -0.39 is 0 Å².